The largest absolute Gasteiger partial charge is 0.458 e. The molecule has 1 heterocycles. The van der Waals surface area contributed by atoms with Crippen LogP contribution in [-0.4, -0.2) is 66.8 Å². The Bertz CT molecular complexity index is 1240. The van der Waals surface area contributed by atoms with Crippen LogP contribution >= 0.6 is 0 Å². The van der Waals surface area contributed by atoms with Crippen LogP contribution in [0.15, 0.2) is 11.6 Å². The van der Waals surface area contributed by atoms with Crippen molar-refractivity contribution >= 4 is 28.0 Å². The molecule has 16 heteroatoms. The molecule has 1 N–H and O–H groups in total. The Hall–Kier alpha value is -2.36. The van der Waals surface area contributed by atoms with Crippen LogP contribution in [0.2, 0.25) is 0 Å². The molecule has 0 aromatic heterocycles. The molecule has 0 radical (unpaired) electrons. The Morgan fingerprint density at radius 2 is 1.80 bits per heavy atom. The summed E-state index contributed by atoms with van der Waals surface area (Å²) in [6.07, 6.45) is -10.4. The highest BCUT2D eigenvalue weighted by Crippen LogP contribution is 2.60. The number of carbonyl (C=O) groups excluding carboxylic acids is 3. The Kier molecular flexibility index (Phi) is 6.61. The molecule has 4 fully saturated rings. The number of hydrogen-bond acceptors (Lipinski definition) is 8. The van der Waals surface area contributed by atoms with E-state index in [4.69, 9.17) is 14.0 Å². The average molecular weight is 605 g/mol. The third kappa shape index (κ3) is 4.49. The van der Waals surface area contributed by atoms with Crippen LogP contribution in [0.25, 0.3) is 0 Å². The highest BCUT2D eigenvalue weighted by Gasteiger charge is 2.78. The smallest absolute Gasteiger partial charge is 0.438 e. The summed E-state index contributed by atoms with van der Waals surface area (Å²) < 4.78 is 129. The molecule has 0 amide bonds. The molecule has 4 bridgehead atoms. The second-order valence-electron chi connectivity index (χ2n) is 11.7. The fourth-order valence-electron chi connectivity index (χ4n) is 7.60. The van der Waals surface area contributed by atoms with Gasteiger partial charge in [0.25, 0.3) is 10.1 Å². The maximum atomic E-state index is 13.8. The van der Waals surface area contributed by atoms with Crippen LogP contribution < -0.4 is 0 Å². The second-order valence-corrected chi connectivity index (χ2v) is 13.1. The first kappa shape index (κ1) is 29.1. The van der Waals surface area contributed by atoms with Crippen molar-refractivity contribution in [3.63, 3.8) is 0 Å². The van der Waals surface area contributed by atoms with Gasteiger partial charge in [0.1, 0.15) is 18.0 Å². The number of esters is 3. The number of ether oxygens (including phenoxy) is 3. The third-order valence-electron chi connectivity index (χ3n) is 9.02. The Morgan fingerprint density at radius 1 is 1.15 bits per heavy atom. The summed E-state index contributed by atoms with van der Waals surface area (Å²) in [5.41, 5.74) is -5.42. The summed E-state index contributed by atoms with van der Waals surface area (Å²) in [7, 11) is -5.98. The third-order valence-corrected chi connectivity index (χ3v) is 9.79. The van der Waals surface area contributed by atoms with E-state index in [2.05, 4.69) is 10.8 Å². The van der Waals surface area contributed by atoms with Crippen molar-refractivity contribution in [3.05, 3.63) is 11.6 Å². The van der Waals surface area contributed by atoms with Crippen molar-refractivity contribution < 1.29 is 67.9 Å². The SMILES string of the molecule is CC1C=C2CCCC(C(=O)OC3C4CC5C3OC(=O)C5C4C(=O)OC(CS(=O)(=O)O)(C(F)(F)F)C(F)(F)F)(C2)C1. The van der Waals surface area contributed by atoms with Crippen LogP contribution in [0.3, 0.4) is 0 Å². The molecule has 1 saturated heterocycles. The van der Waals surface area contributed by atoms with Crippen molar-refractivity contribution in [1.82, 2.24) is 0 Å². The second kappa shape index (κ2) is 9.07. The fraction of sp³-hybridized carbons (Fsp3) is 0.792. The van der Waals surface area contributed by atoms with Crippen LogP contribution in [0.4, 0.5) is 26.3 Å². The normalized spacial score (nSPS) is 37.1. The molecule has 224 valence electrons. The highest BCUT2D eigenvalue weighted by atomic mass is 32.2. The van der Waals surface area contributed by atoms with E-state index in [9.17, 15) is 49.1 Å². The first-order valence-corrected chi connectivity index (χ1v) is 14.3. The predicted molar refractivity (Wildman–Crippen MR) is 118 cm³/mol. The maximum Gasteiger partial charge on any atom is 0.438 e. The molecule has 40 heavy (non-hydrogen) atoms. The zero-order valence-corrected chi connectivity index (χ0v) is 21.8. The summed E-state index contributed by atoms with van der Waals surface area (Å²) in [6.45, 7) is 1.93. The van der Waals surface area contributed by atoms with Gasteiger partial charge in [0, 0.05) is 11.8 Å². The number of halogens is 6. The van der Waals surface area contributed by atoms with Gasteiger partial charge in [-0.25, -0.2) is 0 Å². The molecule has 0 aromatic carbocycles. The fourth-order valence-corrected chi connectivity index (χ4v) is 8.50. The molecule has 8 atom stereocenters. The molecular weight excluding hydrogens is 578 g/mol. The summed E-state index contributed by atoms with van der Waals surface area (Å²) in [5.74, 6) is -12.2. The van der Waals surface area contributed by atoms with Crippen molar-refractivity contribution in [2.45, 2.75) is 75.6 Å². The van der Waals surface area contributed by atoms with E-state index in [1.165, 1.54) is 0 Å². The lowest BCUT2D eigenvalue weighted by atomic mass is 9.63. The Labute approximate surface area is 224 Å². The van der Waals surface area contributed by atoms with E-state index in [0.717, 1.165) is 12.0 Å². The van der Waals surface area contributed by atoms with Crippen molar-refractivity contribution in [3.8, 4) is 0 Å². The van der Waals surface area contributed by atoms with Gasteiger partial charge in [0.05, 0.1) is 17.3 Å². The van der Waals surface area contributed by atoms with Gasteiger partial charge in [-0.1, -0.05) is 18.6 Å². The zero-order valence-electron chi connectivity index (χ0n) is 21.0. The van der Waals surface area contributed by atoms with Crippen LogP contribution in [0, 0.1) is 35.0 Å². The minimum absolute atomic E-state index is 0.0636. The van der Waals surface area contributed by atoms with Gasteiger partial charge in [-0.3, -0.25) is 18.9 Å². The summed E-state index contributed by atoms with van der Waals surface area (Å²) in [6, 6.07) is 0. The lowest BCUT2D eigenvalue weighted by Crippen LogP contribution is -2.64. The molecule has 1 aliphatic heterocycles. The number of allylic oxidation sites excluding steroid dienone is 2. The first-order chi connectivity index (χ1) is 18.3. The quantitative estimate of drug-likeness (QED) is 0.159. The zero-order chi connectivity index (χ0) is 29.6. The lowest BCUT2D eigenvalue weighted by Gasteiger charge is -2.43. The Balaban J connectivity index is 1.44. The van der Waals surface area contributed by atoms with Gasteiger partial charge in [-0.2, -0.15) is 34.8 Å². The molecule has 8 unspecified atom stereocenters. The maximum absolute atomic E-state index is 13.8. The predicted octanol–water partition coefficient (Wildman–Crippen LogP) is 3.53. The number of carbonyl (C=O) groups is 3. The van der Waals surface area contributed by atoms with E-state index < -0.39 is 93.0 Å². The molecule has 5 rings (SSSR count). The van der Waals surface area contributed by atoms with Gasteiger partial charge in [0.2, 0.25) is 0 Å². The molecule has 9 nitrogen and oxygen atoms in total. The molecule has 3 saturated carbocycles. The van der Waals surface area contributed by atoms with E-state index in [1.54, 1.807) is 0 Å². The number of rotatable bonds is 6. The summed E-state index contributed by atoms with van der Waals surface area (Å²) in [4.78, 5) is 39.1. The van der Waals surface area contributed by atoms with E-state index >= 15 is 0 Å². The highest BCUT2D eigenvalue weighted by molar-refractivity contribution is 7.85. The molecule has 0 aromatic rings. The van der Waals surface area contributed by atoms with Gasteiger partial charge in [0.15, 0.2) is 0 Å². The molecule has 5 aliphatic rings. The van der Waals surface area contributed by atoms with E-state index in [-0.39, 0.29) is 12.3 Å². The Morgan fingerprint density at radius 3 is 2.40 bits per heavy atom. The van der Waals surface area contributed by atoms with Crippen LogP contribution in [0.5, 0.6) is 0 Å². The number of alkyl halides is 6. The monoisotopic (exact) mass is 604 g/mol. The van der Waals surface area contributed by atoms with Crippen molar-refractivity contribution in [1.29, 1.82) is 0 Å². The van der Waals surface area contributed by atoms with Crippen molar-refractivity contribution in [2.24, 2.45) is 35.0 Å². The van der Waals surface area contributed by atoms with Gasteiger partial charge in [-0.15, -0.1) is 0 Å². The minimum atomic E-state index is -6.51. The summed E-state index contributed by atoms with van der Waals surface area (Å²) in [5, 5.41) is 0. The minimum Gasteiger partial charge on any atom is -0.458 e. The lowest BCUT2D eigenvalue weighted by molar-refractivity contribution is -0.362. The van der Waals surface area contributed by atoms with Gasteiger partial charge >= 0.3 is 35.9 Å². The number of fused-ring (bicyclic) bond motifs is 3. The van der Waals surface area contributed by atoms with Crippen LogP contribution in [-0.2, 0) is 38.7 Å². The van der Waals surface area contributed by atoms with E-state index in [1.807, 2.05) is 6.92 Å². The van der Waals surface area contributed by atoms with Crippen molar-refractivity contribution in [2.75, 3.05) is 5.75 Å². The molecule has 4 aliphatic carbocycles. The number of hydrogen-bond donors (Lipinski definition) is 1. The van der Waals surface area contributed by atoms with E-state index in [0.29, 0.717) is 25.7 Å². The van der Waals surface area contributed by atoms with Gasteiger partial charge in [-0.05, 0) is 44.4 Å². The summed E-state index contributed by atoms with van der Waals surface area (Å²) >= 11 is 0. The standard InChI is InChI=1S/C24H26F6O9S/c1-10-5-11-3-2-4-21(7-10,8-11)20(33)38-17-13-6-12-14(18(31)37-16(12)17)15(13)19(32)39-22(23(25,26)27,24(28,29)30)9-40(34,35)36/h5,10,12-17H,2-4,6-9H2,1H3,(H,34,35,36). The first-order valence-electron chi connectivity index (χ1n) is 12.7. The van der Waals surface area contributed by atoms with Gasteiger partial charge < -0.3 is 14.2 Å². The average Bonchev–Trinajstić information content (AvgIpc) is 3.39. The topological polar surface area (TPSA) is 133 Å². The van der Waals surface area contributed by atoms with Crippen LogP contribution in [0.1, 0.15) is 45.4 Å². The molecular formula is C24H26F6O9S. The molecule has 0 spiro atoms.